The Morgan fingerprint density at radius 2 is 2.00 bits per heavy atom. The van der Waals surface area contributed by atoms with Gasteiger partial charge in [0.1, 0.15) is 4.70 Å². The molecule has 2 fully saturated rings. The summed E-state index contributed by atoms with van der Waals surface area (Å²) >= 11 is 6.87. The van der Waals surface area contributed by atoms with Crippen molar-refractivity contribution in [1.29, 1.82) is 0 Å². The van der Waals surface area contributed by atoms with Crippen molar-refractivity contribution in [3.8, 4) is 0 Å². The first-order chi connectivity index (χ1) is 13.5. The summed E-state index contributed by atoms with van der Waals surface area (Å²) in [5, 5.41) is 5.24. The summed E-state index contributed by atoms with van der Waals surface area (Å²) in [6.45, 7) is 2.91. The van der Waals surface area contributed by atoms with Gasteiger partial charge in [0.05, 0.1) is 5.52 Å². The topological polar surface area (TPSA) is 66.9 Å². The number of nitrogens with zero attached hydrogens (tertiary/aromatic N) is 1. The molecule has 5 nitrogen and oxygen atoms in total. The minimum absolute atomic E-state index is 0.0138. The Kier molecular flexibility index (Phi) is 6.01. The van der Waals surface area contributed by atoms with Crippen LogP contribution in [0, 0.1) is 22.5 Å². The van der Waals surface area contributed by atoms with Crippen LogP contribution in [0.3, 0.4) is 0 Å². The second-order valence-corrected chi connectivity index (χ2v) is 9.91. The van der Waals surface area contributed by atoms with E-state index < -0.39 is 0 Å². The minimum atomic E-state index is 0.0138. The number of fused-ring (bicyclic) bond motifs is 1. The molecule has 2 aliphatic rings. The first-order valence-corrected chi connectivity index (χ1v) is 11.8. The van der Waals surface area contributed by atoms with E-state index in [0.717, 1.165) is 42.3 Å². The number of thiophene rings is 1. The molecule has 2 saturated carbocycles. The Morgan fingerprint density at radius 3 is 2.75 bits per heavy atom. The lowest BCUT2D eigenvalue weighted by Crippen LogP contribution is -2.44. The van der Waals surface area contributed by atoms with E-state index >= 15 is 0 Å². The summed E-state index contributed by atoms with van der Waals surface area (Å²) in [6.07, 6.45) is 8.62. The van der Waals surface area contributed by atoms with Gasteiger partial charge in [-0.1, -0.05) is 19.8 Å². The third kappa shape index (κ3) is 4.10. The molecule has 0 bridgehead atoms. The van der Waals surface area contributed by atoms with Gasteiger partial charge in [0.25, 0.3) is 5.56 Å². The summed E-state index contributed by atoms with van der Waals surface area (Å²) in [7, 11) is 0. The van der Waals surface area contributed by atoms with E-state index in [2.05, 4.69) is 17.2 Å². The van der Waals surface area contributed by atoms with E-state index in [-0.39, 0.29) is 17.4 Å². The van der Waals surface area contributed by atoms with E-state index in [1.165, 1.54) is 30.6 Å². The van der Waals surface area contributed by atoms with E-state index in [1.807, 2.05) is 11.4 Å². The van der Waals surface area contributed by atoms with E-state index in [1.54, 1.807) is 4.57 Å². The zero-order valence-corrected chi connectivity index (χ0v) is 18.0. The van der Waals surface area contributed by atoms with Crippen molar-refractivity contribution in [2.75, 3.05) is 0 Å². The number of carbonyl (C=O) groups is 1. The van der Waals surface area contributed by atoms with Gasteiger partial charge in [0.15, 0.2) is 4.77 Å². The van der Waals surface area contributed by atoms with E-state index in [9.17, 15) is 9.59 Å². The Morgan fingerprint density at radius 1 is 1.25 bits per heavy atom. The van der Waals surface area contributed by atoms with Crippen LogP contribution in [0.2, 0.25) is 0 Å². The van der Waals surface area contributed by atoms with Gasteiger partial charge in [-0.25, -0.2) is 0 Å². The lowest BCUT2D eigenvalue weighted by molar-refractivity contribution is -0.127. The molecular weight excluding hydrogens is 390 g/mol. The van der Waals surface area contributed by atoms with Crippen LogP contribution in [0.1, 0.15) is 58.3 Å². The van der Waals surface area contributed by atoms with Gasteiger partial charge in [0.2, 0.25) is 5.91 Å². The molecule has 152 valence electrons. The van der Waals surface area contributed by atoms with E-state index in [4.69, 9.17) is 12.2 Å². The monoisotopic (exact) mass is 419 g/mol. The molecule has 4 rings (SSSR count). The van der Waals surface area contributed by atoms with Gasteiger partial charge in [0, 0.05) is 18.5 Å². The number of hydrogen-bond acceptors (Lipinski definition) is 4. The number of nitrogens with one attached hydrogen (secondary N) is 2. The number of aromatic amines is 1. The van der Waals surface area contributed by atoms with Crippen molar-refractivity contribution in [1.82, 2.24) is 14.9 Å². The fraction of sp³-hybridized carbons (Fsp3) is 0.667. The number of rotatable bonds is 4. The molecule has 2 aromatic heterocycles. The average Bonchev–Trinajstić information content (AvgIpc) is 3.16. The van der Waals surface area contributed by atoms with Crippen LogP contribution in [0.4, 0.5) is 0 Å². The van der Waals surface area contributed by atoms with Crippen molar-refractivity contribution in [2.24, 2.45) is 17.8 Å². The fourth-order valence-corrected chi connectivity index (χ4v) is 5.90. The normalized spacial score (nSPS) is 28.3. The molecule has 0 radical (unpaired) electrons. The van der Waals surface area contributed by atoms with Gasteiger partial charge < -0.3 is 10.3 Å². The molecule has 2 N–H and O–H groups in total. The van der Waals surface area contributed by atoms with Crippen LogP contribution >= 0.6 is 23.6 Å². The predicted molar refractivity (Wildman–Crippen MR) is 116 cm³/mol. The zero-order valence-electron chi connectivity index (χ0n) is 16.4. The molecular formula is C21H29N3O2S2. The molecule has 0 saturated heterocycles. The summed E-state index contributed by atoms with van der Waals surface area (Å²) in [4.78, 5) is 28.6. The SMILES string of the molecule is C[C@@H]1CCCC[C@@H]1NC(=O)C1CCC(Cn2c(=S)[nH]c3ccsc3c2=O)CC1. The van der Waals surface area contributed by atoms with Crippen molar-refractivity contribution < 1.29 is 4.79 Å². The van der Waals surface area contributed by atoms with Gasteiger partial charge >= 0.3 is 0 Å². The Balaban J connectivity index is 1.35. The third-order valence-electron chi connectivity index (χ3n) is 6.69. The molecule has 2 heterocycles. The van der Waals surface area contributed by atoms with Crippen molar-refractivity contribution in [3.63, 3.8) is 0 Å². The molecule has 0 spiro atoms. The predicted octanol–water partition coefficient (Wildman–Crippen LogP) is 4.62. The molecule has 0 aromatic carbocycles. The molecule has 2 aliphatic carbocycles. The minimum Gasteiger partial charge on any atom is -0.353 e. The van der Waals surface area contributed by atoms with Crippen LogP contribution in [0.5, 0.6) is 0 Å². The highest BCUT2D eigenvalue weighted by Gasteiger charge is 2.30. The second-order valence-electron chi connectivity index (χ2n) is 8.60. The molecule has 28 heavy (non-hydrogen) atoms. The standard InChI is InChI=1S/C21H29N3O2S2/c1-13-4-2-3-5-16(13)22-19(25)15-8-6-14(7-9-15)12-24-20(26)18-17(10-11-28-18)23-21(24)27/h10-11,13-16H,2-9,12H2,1H3,(H,22,25)(H,23,27)/t13-,14?,15?,16+/m1/s1. The highest BCUT2D eigenvalue weighted by Crippen LogP contribution is 2.31. The van der Waals surface area contributed by atoms with Gasteiger partial charge in [-0.2, -0.15) is 0 Å². The van der Waals surface area contributed by atoms with Crippen LogP contribution in [0.15, 0.2) is 16.2 Å². The van der Waals surface area contributed by atoms with Crippen molar-refractivity contribution >= 4 is 39.7 Å². The maximum Gasteiger partial charge on any atom is 0.272 e. The Bertz CT molecular complexity index is 952. The lowest BCUT2D eigenvalue weighted by atomic mass is 9.80. The van der Waals surface area contributed by atoms with Crippen molar-refractivity contribution in [3.05, 3.63) is 26.6 Å². The fourth-order valence-electron chi connectivity index (χ4n) is 4.83. The first-order valence-electron chi connectivity index (χ1n) is 10.5. The molecule has 0 unspecified atom stereocenters. The quantitative estimate of drug-likeness (QED) is 0.711. The highest BCUT2D eigenvalue weighted by molar-refractivity contribution is 7.71. The zero-order chi connectivity index (χ0) is 19.7. The maximum atomic E-state index is 12.7. The lowest BCUT2D eigenvalue weighted by Gasteiger charge is -2.33. The number of amides is 1. The number of carbonyl (C=O) groups excluding carboxylic acids is 1. The Hall–Kier alpha value is -1.47. The molecule has 2 atom stereocenters. The largest absolute Gasteiger partial charge is 0.353 e. The molecule has 1 amide bonds. The second kappa shape index (κ2) is 8.49. The number of H-pyrrole nitrogens is 1. The Labute approximate surface area is 174 Å². The van der Waals surface area contributed by atoms with Gasteiger partial charge in [-0.15, -0.1) is 11.3 Å². The smallest absolute Gasteiger partial charge is 0.272 e. The van der Waals surface area contributed by atoms with E-state index in [0.29, 0.717) is 29.2 Å². The van der Waals surface area contributed by atoms with Gasteiger partial charge in [-0.05, 0) is 74.0 Å². The first kappa shape index (κ1) is 19.8. The van der Waals surface area contributed by atoms with Crippen LogP contribution in [-0.4, -0.2) is 21.5 Å². The summed E-state index contributed by atoms with van der Waals surface area (Å²) < 4.78 is 2.95. The maximum absolute atomic E-state index is 12.7. The third-order valence-corrected chi connectivity index (χ3v) is 7.91. The number of aromatic nitrogens is 2. The average molecular weight is 420 g/mol. The summed E-state index contributed by atoms with van der Waals surface area (Å²) in [5.74, 6) is 1.36. The van der Waals surface area contributed by atoms with Gasteiger partial charge in [-0.3, -0.25) is 14.2 Å². The highest BCUT2D eigenvalue weighted by atomic mass is 32.1. The molecule has 7 heteroatoms. The molecule has 0 aliphatic heterocycles. The number of hydrogen-bond donors (Lipinski definition) is 2. The van der Waals surface area contributed by atoms with Crippen LogP contribution < -0.4 is 10.9 Å². The summed E-state index contributed by atoms with van der Waals surface area (Å²) in [5.41, 5.74) is 0.841. The van der Waals surface area contributed by atoms with Crippen molar-refractivity contribution in [2.45, 2.75) is 70.9 Å². The van der Waals surface area contributed by atoms with Crippen LogP contribution in [-0.2, 0) is 11.3 Å². The summed E-state index contributed by atoms with van der Waals surface area (Å²) in [6, 6.07) is 2.26. The molecule has 2 aromatic rings. The van der Waals surface area contributed by atoms with Crippen LogP contribution in [0.25, 0.3) is 10.2 Å².